The van der Waals surface area contributed by atoms with Crippen LogP contribution in [0.15, 0.2) is 41.8 Å². The lowest BCUT2D eigenvalue weighted by Crippen LogP contribution is -2.26. The van der Waals surface area contributed by atoms with Crippen molar-refractivity contribution in [2.45, 2.75) is 33.9 Å². The quantitative estimate of drug-likeness (QED) is 0.690. The standard InChI is InChI=1S/C20H23N3OS/c1-14-7-9-17(10-8-14)12-23-16(3)19(15(2)21-23)20(24)22(4)13-18-6-5-11-25-18/h5-11H,12-13H2,1-4H3. The number of benzene rings is 1. The lowest BCUT2D eigenvalue weighted by atomic mass is 10.1. The third-order valence-electron chi connectivity index (χ3n) is 4.37. The molecule has 3 aromatic rings. The van der Waals surface area contributed by atoms with Crippen LogP contribution in [0.4, 0.5) is 0 Å². The Labute approximate surface area is 152 Å². The van der Waals surface area contributed by atoms with Crippen LogP contribution in [0.1, 0.15) is 37.7 Å². The van der Waals surface area contributed by atoms with E-state index in [4.69, 9.17) is 0 Å². The van der Waals surface area contributed by atoms with E-state index < -0.39 is 0 Å². The highest BCUT2D eigenvalue weighted by atomic mass is 32.1. The normalized spacial score (nSPS) is 10.9. The zero-order valence-corrected chi connectivity index (χ0v) is 15.9. The maximum absolute atomic E-state index is 12.9. The summed E-state index contributed by atoms with van der Waals surface area (Å²) in [5.41, 5.74) is 4.84. The highest BCUT2D eigenvalue weighted by Crippen LogP contribution is 2.19. The second kappa shape index (κ2) is 7.23. The van der Waals surface area contributed by atoms with E-state index in [0.717, 1.165) is 11.4 Å². The number of aryl methyl sites for hydroxylation is 2. The number of aromatic nitrogens is 2. The highest BCUT2D eigenvalue weighted by molar-refractivity contribution is 7.09. The Morgan fingerprint density at radius 3 is 2.52 bits per heavy atom. The average molecular weight is 353 g/mol. The Bertz CT molecular complexity index is 863. The molecule has 0 aliphatic carbocycles. The second-order valence-electron chi connectivity index (χ2n) is 6.43. The molecular formula is C20H23N3OS. The van der Waals surface area contributed by atoms with Gasteiger partial charge in [0, 0.05) is 17.6 Å². The molecule has 0 atom stereocenters. The molecule has 0 bridgehead atoms. The fourth-order valence-corrected chi connectivity index (χ4v) is 3.68. The molecule has 25 heavy (non-hydrogen) atoms. The number of carbonyl (C=O) groups excluding carboxylic acids is 1. The van der Waals surface area contributed by atoms with E-state index in [1.54, 1.807) is 16.2 Å². The van der Waals surface area contributed by atoms with Crippen molar-refractivity contribution in [2.24, 2.45) is 0 Å². The number of hydrogen-bond donors (Lipinski definition) is 0. The average Bonchev–Trinajstić information content (AvgIpc) is 3.17. The van der Waals surface area contributed by atoms with Crippen LogP contribution in [0, 0.1) is 20.8 Å². The molecule has 2 heterocycles. The van der Waals surface area contributed by atoms with E-state index in [2.05, 4.69) is 42.4 Å². The molecule has 0 saturated carbocycles. The minimum absolute atomic E-state index is 0.0264. The molecule has 5 heteroatoms. The molecule has 0 aliphatic heterocycles. The van der Waals surface area contributed by atoms with Gasteiger partial charge in [-0.2, -0.15) is 5.10 Å². The predicted molar refractivity (Wildman–Crippen MR) is 102 cm³/mol. The topological polar surface area (TPSA) is 38.1 Å². The summed E-state index contributed by atoms with van der Waals surface area (Å²) >= 11 is 1.67. The first-order valence-corrected chi connectivity index (χ1v) is 9.21. The summed E-state index contributed by atoms with van der Waals surface area (Å²) in [6, 6.07) is 12.5. The van der Waals surface area contributed by atoms with Crippen LogP contribution >= 0.6 is 11.3 Å². The number of hydrogen-bond acceptors (Lipinski definition) is 3. The summed E-state index contributed by atoms with van der Waals surface area (Å²) in [7, 11) is 1.85. The third-order valence-corrected chi connectivity index (χ3v) is 5.23. The van der Waals surface area contributed by atoms with Crippen molar-refractivity contribution >= 4 is 17.2 Å². The predicted octanol–water partition coefficient (Wildman–Crippen LogP) is 4.19. The van der Waals surface area contributed by atoms with Crippen LogP contribution in [0.25, 0.3) is 0 Å². The van der Waals surface area contributed by atoms with E-state index in [0.29, 0.717) is 18.7 Å². The van der Waals surface area contributed by atoms with Gasteiger partial charge in [-0.1, -0.05) is 35.9 Å². The smallest absolute Gasteiger partial charge is 0.257 e. The van der Waals surface area contributed by atoms with Crippen molar-refractivity contribution in [3.05, 3.63) is 74.7 Å². The van der Waals surface area contributed by atoms with Gasteiger partial charge in [0.25, 0.3) is 5.91 Å². The monoisotopic (exact) mass is 353 g/mol. The van der Waals surface area contributed by atoms with Crippen LogP contribution in [0.3, 0.4) is 0 Å². The van der Waals surface area contributed by atoms with Gasteiger partial charge >= 0.3 is 0 Å². The van der Waals surface area contributed by atoms with Gasteiger partial charge in [-0.05, 0) is 37.8 Å². The molecule has 0 N–H and O–H groups in total. The minimum Gasteiger partial charge on any atom is -0.336 e. The number of amides is 1. The minimum atomic E-state index is 0.0264. The highest BCUT2D eigenvalue weighted by Gasteiger charge is 2.22. The number of rotatable bonds is 5. The number of carbonyl (C=O) groups is 1. The first-order chi connectivity index (χ1) is 12.0. The van der Waals surface area contributed by atoms with Gasteiger partial charge in [0.05, 0.1) is 24.3 Å². The number of thiophene rings is 1. The van der Waals surface area contributed by atoms with E-state index in [9.17, 15) is 4.79 Å². The van der Waals surface area contributed by atoms with Crippen molar-refractivity contribution in [1.82, 2.24) is 14.7 Å². The molecule has 0 radical (unpaired) electrons. The Morgan fingerprint density at radius 1 is 1.16 bits per heavy atom. The third kappa shape index (κ3) is 3.82. The van der Waals surface area contributed by atoms with E-state index in [1.165, 1.54) is 16.0 Å². The Morgan fingerprint density at radius 2 is 1.88 bits per heavy atom. The van der Waals surface area contributed by atoms with Crippen LogP contribution < -0.4 is 0 Å². The molecule has 4 nitrogen and oxygen atoms in total. The second-order valence-corrected chi connectivity index (χ2v) is 7.46. The SMILES string of the molecule is Cc1ccc(Cn2nc(C)c(C(=O)N(C)Cc3cccs3)c2C)cc1. The number of nitrogens with zero attached hydrogens (tertiary/aromatic N) is 3. The lowest BCUT2D eigenvalue weighted by molar-refractivity contribution is 0.0785. The van der Waals surface area contributed by atoms with Crippen molar-refractivity contribution in [1.29, 1.82) is 0 Å². The maximum Gasteiger partial charge on any atom is 0.257 e. The first-order valence-electron chi connectivity index (χ1n) is 8.33. The van der Waals surface area contributed by atoms with E-state index in [-0.39, 0.29) is 5.91 Å². The fourth-order valence-electron chi connectivity index (χ4n) is 2.93. The molecule has 2 aromatic heterocycles. The Hall–Kier alpha value is -2.40. The molecular weight excluding hydrogens is 330 g/mol. The summed E-state index contributed by atoms with van der Waals surface area (Å²) in [6.07, 6.45) is 0. The van der Waals surface area contributed by atoms with Gasteiger partial charge in [0.1, 0.15) is 0 Å². The van der Waals surface area contributed by atoms with Gasteiger partial charge < -0.3 is 4.90 Å². The van der Waals surface area contributed by atoms with Crippen LogP contribution in [0.2, 0.25) is 0 Å². The summed E-state index contributed by atoms with van der Waals surface area (Å²) in [5.74, 6) is 0.0264. The van der Waals surface area contributed by atoms with Gasteiger partial charge in [-0.25, -0.2) is 0 Å². The Kier molecular flexibility index (Phi) is 5.04. The fraction of sp³-hybridized carbons (Fsp3) is 0.300. The van der Waals surface area contributed by atoms with Gasteiger partial charge in [0.2, 0.25) is 0 Å². The molecule has 0 saturated heterocycles. The summed E-state index contributed by atoms with van der Waals surface area (Å²) < 4.78 is 1.92. The largest absolute Gasteiger partial charge is 0.336 e. The van der Waals surface area contributed by atoms with Gasteiger partial charge in [-0.15, -0.1) is 11.3 Å². The Balaban J connectivity index is 1.81. The van der Waals surface area contributed by atoms with E-state index >= 15 is 0 Å². The molecule has 0 unspecified atom stereocenters. The van der Waals surface area contributed by atoms with Crippen LogP contribution in [-0.4, -0.2) is 27.6 Å². The van der Waals surface area contributed by atoms with Crippen molar-refractivity contribution < 1.29 is 4.79 Å². The molecule has 0 fully saturated rings. The summed E-state index contributed by atoms with van der Waals surface area (Å²) in [4.78, 5) is 15.8. The van der Waals surface area contributed by atoms with Crippen molar-refractivity contribution in [3.63, 3.8) is 0 Å². The zero-order chi connectivity index (χ0) is 18.0. The molecule has 0 aliphatic rings. The van der Waals surface area contributed by atoms with Crippen molar-refractivity contribution in [2.75, 3.05) is 7.05 Å². The lowest BCUT2D eigenvalue weighted by Gasteiger charge is -2.16. The van der Waals surface area contributed by atoms with Gasteiger partial charge in [-0.3, -0.25) is 9.48 Å². The summed E-state index contributed by atoms with van der Waals surface area (Å²) in [5, 5.41) is 6.63. The molecule has 130 valence electrons. The van der Waals surface area contributed by atoms with Crippen LogP contribution in [-0.2, 0) is 13.1 Å². The molecule has 0 spiro atoms. The maximum atomic E-state index is 12.9. The van der Waals surface area contributed by atoms with Crippen molar-refractivity contribution in [3.8, 4) is 0 Å². The molecule has 1 amide bonds. The van der Waals surface area contributed by atoms with Gasteiger partial charge in [0.15, 0.2) is 0 Å². The molecule has 3 rings (SSSR count). The van der Waals surface area contributed by atoms with Crippen LogP contribution in [0.5, 0.6) is 0 Å². The van der Waals surface area contributed by atoms with E-state index in [1.807, 2.05) is 37.0 Å². The first kappa shape index (κ1) is 17.4. The zero-order valence-electron chi connectivity index (χ0n) is 15.1. The summed E-state index contributed by atoms with van der Waals surface area (Å²) in [6.45, 7) is 7.26. The molecule has 1 aromatic carbocycles.